The van der Waals surface area contributed by atoms with Gasteiger partial charge in [0.2, 0.25) is 5.88 Å². The van der Waals surface area contributed by atoms with Crippen LogP contribution in [0.1, 0.15) is 6.92 Å². The number of hydrogen-bond acceptors (Lipinski definition) is 6. The normalized spacial score (nSPS) is 11.6. The van der Waals surface area contributed by atoms with E-state index in [1.165, 1.54) is 0 Å². The van der Waals surface area contributed by atoms with Gasteiger partial charge >= 0.3 is 0 Å². The lowest BCUT2D eigenvalue weighted by atomic mass is 10.0. The molecule has 0 unspecified atom stereocenters. The fraction of sp³-hybridized carbons (Fsp3) is 0.120. The summed E-state index contributed by atoms with van der Waals surface area (Å²) in [5, 5.41) is 6.27. The second kappa shape index (κ2) is 7.53. The van der Waals surface area contributed by atoms with Gasteiger partial charge in [0, 0.05) is 35.6 Å². The lowest BCUT2D eigenvalue weighted by molar-refractivity contribution is 0.328. The molecule has 0 aliphatic heterocycles. The summed E-state index contributed by atoms with van der Waals surface area (Å²) < 4.78 is 10.1. The average Bonchev–Trinajstić information content (AvgIpc) is 3.43. The van der Waals surface area contributed by atoms with Crippen LogP contribution in [0.3, 0.4) is 0 Å². The first-order valence-corrected chi connectivity index (χ1v) is 11.5. The minimum absolute atomic E-state index is 0.151. The summed E-state index contributed by atoms with van der Waals surface area (Å²) in [7, 11) is 1.89. The second-order valence-electron chi connectivity index (χ2n) is 7.77. The van der Waals surface area contributed by atoms with Crippen molar-refractivity contribution < 1.29 is 4.74 Å². The van der Waals surface area contributed by atoms with Crippen LogP contribution in [0.15, 0.2) is 71.1 Å². The lowest BCUT2D eigenvalue weighted by Gasteiger charge is -2.14. The van der Waals surface area contributed by atoms with Crippen molar-refractivity contribution in [3.8, 4) is 22.7 Å². The Morgan fingerprint density at radius 1 is 1.00 bits per heavy atom. The standard InChI is InChI=1S/C25H19N5O2S/c1-3-32-23-9-5-16-11-19(15-4-7-20-17(10-15)13-29(2)28-20)25(31)30(24(16)27-23)18-6-8-22-21(12-18)26-14-33-22/h4-14H,3H2,1-2H3. The molecule has 6 aromatic rings. The first kappa shape index (κ1) is 19.6. The van der Waals surface area contributed by atoms with Crippen molar-refractivity contribution in [2.75, 3.05) is 6.61 Å². The minimum atomic E-state index is -0.151. The number of benzene rings is 2. The molecule has 0 radical (unpaired) electrons. The molecule has 7 nitrogen and oxygen atoms in total. The molecule has 4 heterocycles. The van der Waals surface area contributed by atoms with Gasteiger partial charge in [-0.1, -0.05) is 6.07 Å². The predicted octanol–water partition coefficient (Wildman–Crippen LogP) is 4.95. The minimum Gasteiger partial charge on any atom is -0.478 e. The van der Waals surface area contributed by atoms with Crippen LogP contribution >= 0.6 is 11.3 Å². The fourth-order valence-electron chi connectivity index (χ4n) is 4.14. The molecule has 0 fully saturated rings. The molecule has 0 aliphatic carbocycles. The topological polar surface area (TPSA) is 74.8 Å². The number of aryl methyl sites for hydroxylation is 1. The third-order valence-corrected chi connectivity index (χ3v) is 6.43. The zero-order valence-corrected chi connectivity index (χ0v) is 18.8. The molecular weight excluding hydrogens is 434 g/mol. The number of nitrogens with zero attached hydrogens (tertiary/aromatic N) is 5. The van der Waals surface area contributed by atoms with Crippen LogP contribution in [0.5, 0.6) is 5.88 Å². The molecule has 0 saturated heterocycles. The Morgan fingerprint density at radius 2 is 1.91 bits per heavy atom. The molecule has 33 heavy (non-hydrogen) atoms. The number of ether oxygens (including phenoxy) is 1. The third kappa shape index (κ3) is 3.27. The highest BCUT2D eigenvalue weighted by Gasteiger charge is 2.16. The fourth-order valence-corrected chi connectivity index (χ4v) is 4.80. The maximum Gasteiger partial charge on any atom is 0.264 e. The molecule has 0 spiro atoms. The largest absolute Gasteiger partial charge is 0.478 e. The van der Waals surface area contributed by atoms with Crippen molar-refractivity contribution in [3.63, 3.8) is 0 Å². The first-order chi connectivity index (χ1) is 16.1. The van der Waals surface area contributed by atoms with E-state index in [-0.39, 0.29) is 5.56 Å². The summed E-state index contributed by atoms with van der Waals surface area (Å²) in [5.41, 5.74) is 6.08. The SMILES string of the molecule is CCOc1ccc2cc(-c3ccc4nn(C)cc4c3)c(=O)n(-c3ccc4scnc4c3)c2n1. The van der Waals surface area contributed by atoms with E-state index < -0.39 is 0 Å². The van der Waals surface area contributed by atoms with Crippen molar-refractivity contribution in [1.82, 2.24) is 24.3 Å². The average molecular weight is 454 g/mol. The van der Waals surface area contributed by atoms with E-state index in [0.717, 1.165) is 32.1 Å². The maximum atomic E-state index is 13.9. The molecule has 0 bridgehead atoms. The third-order valence-electron chi connectivity index (χ3n) is 5.62. The van der Waals surface area contributed by atoms with Crippen LogP contribution < -0.4 is 10.3 Å². The molecule has 0 aliphatic rings. The summed E-state index contributed by atoms with van der Waals surface area (Å²) in [6, 6.07) is 17.4. The maximum absolute atomic E-state index is 13.9. The van der Waals surface area contributed by atoms with E-state index in [1.807, 2.05) is 74.8 Å². The molecule has 8 heteroatoms. The first-order valence-electron chi connectivity index (χ1n) is 10.6. The van der Waals surface area contributed by atoms with E-state index in [9.17, 15) is 4.79 Å². The molecule has 4 aromatic heterocycles. The highest BCUT2D eigenvalue weighted by Crippen LogP contribution is 2.28. The van der Waals surface area contributed by atoms with Gasteiger partial charge in [-0.3, -0.25) is 14.0 Å². The molecule has 0 atom stereocenters. The van der Waals surface area contributed by atoms with Crippen LogP contribution in [-0.2, 0) is 7.05 Å². The van der Waals surface area contributed by atoms with Crippen LogP contribution in [0, 0.1) is 0 Å². The summed E-state index contributed by atoms with van der Waals surface area (Å²) in [4.78, 5) is 23.0. The Morgan fingerprint density at radius 3 is 2.79 bits per heavy atom. The molecule has 162 valence electrons. The number of aromatic nitrogens is 5. The van der Waals surface area contributed by atoms with Crippen molar-refractivity contribution in [3.05, 3.63) is 76.7 Å². The van der Waals surface area contributed by atoms with Gasteiger partial charge in [-0.05, 0) is 55.0 Å². The van der Waals surface area contributed by atoms with E-state index in [4.69, 9.17) is 4.74 Å². The van der Waals surface area contributed by atoms with Gasteiger partial charge in [0.25, 0.3) is 5.56 Å². The van der Waals surface area contributed by atoms with Crippen LogP contribution in [0.4, 0.5) is 0 Å². The quantitative estimate of drug-likeness (QED) is 0.378. The van der Waals surface area contributed by atoms with E-state index in [0.29, 0.717) is 29.4 Å². The Balaban J connectivity index is 1.66. The molecule has 0 amide bonds. The monoisotopic (exact) mass is 453 g/mol. The second-order valence-corrected chi connectivity index (χ2v) is 8.66. The molecule has 6 rings (SSSR count). The molecule has 0 N–H and O–H groups in total. The molecular formula is C25H19N5O2S. The molecule has 2 aromatic carbocycles. The van der Waals surface area contributed by atoms with Gasteiger partial charge in [-0.2, -0.15) is 10.1 Å². The Hall–Kier alpha value is -4.04. The lowest BCUT2D eigenvalue weighted by Crippen LogP contribution is -2.21. The molecule has 0 saturated carbocycles. The summed E-state index contributed by atoms with van der Waals surface area (Å²) in [6.45, 7) is 2.41. The van der Waals surface area contributed by atoms with E-state index in [2.05, 4.69) is 15.1 Å². The Bertz CT molecular complexity index is 1730. The van der Waals surface area contributed by atoms with Gasteiger partial charge in [0.1, 0.15) is 0 Å². The Labute approximate surface area is 192 Å². The summed E-state index contributed by atoms with van der Waals surface area (Å²) in [6.07, 6.45) is 1.95. The zero-order valence-electron chi connectivity index (χ0n) is 18.0. The number of pyridine rings is 2. The smallest absolute Gasteiger partial charge is 0.264 e. The van der Waals surface area contributed by atoms with Crippen molar-refractivity contribution in [1.29, 1.82) is 0 Å². The van der Waals surface area contributed by atoms with Crippen molar-refractivity contribution in [2.24, 2.45) is 7.05 Å². The van der Waals surface area contributed by atoms with Crippen molar-refractivity contribution >= 4 is 43.5 Å². The Kier molecular flexibility index (Phi) is 4.48. The predicted molar refractivity (Wildman–Crippen MR) is 131 cm³/mol. The van der Waals surface area contributed by atoms with E-state index >= 15 is 0 Å². The van der Waals surface area contributed by atoms with Gasteiger partial charge in [0.15, 0.2) is 5.65 Å². The number of fused-ring (bicyclic) bond motifs is 3. The zero-order chi connectivity index (χ0) is 22.5. The van der Waals surface area contributed by atoms with Gasteiger partial charge < -0.3 is 4.74 Å². The van der Waals surface area contributed by atoms with Gasteiger partial charge in [0.05, 0.1) is 33.5 Å². The van der Waals surface area contributed by atoms with Crippen LogP contribution in [-0.4, -0.2) is 30.9 Å². The number of thiazole rings is 1. The number of rotatable bonds is 4. The summed E-state index contributed by atoms with van der Waals surface area (Å²) in [5.74, 6) is 0.484. The highest BCUT2D eigenvalue weighted by molar-refractivity contribution is 7.16. The number of hydrogen-bond donors (Lipinski definition) is 0. The summed E-state index contributed by atoms with van der Waals surface area (Å²) >= 11 is 1.57. The van der Waals surface area contributed by atoms with Gasteiger partial charge in [-0.15, -0.1) is 11.3 Å². The van der Waals surface area contributed by atoms with Crippen LogP contribution in [0.25, 0.3) is 49.0 Å². The van der Waals surface area contributed by atoms with E-state index in [1.54, 1.807) is 26.1 Å². The van der Waals surface area contributed by atoms with Gasteiger partial charge in [-0.25, -0.2) is 4.98 Å². The van der Waals surface area contributed by atoms with Crippen LogP contribution in [0.2, 0.25) is 0 Å². The highest BCUT2D eigenvalue weighted by atomic mass is 32.1. The van der Waals surface area contributed by atoms with Crippen molar-refractivity contribution in [2.45, 2.75) is 6.92 Å².